The number of esters is 2. The lowest BCUT2D eigenvalue weighted by Gasteiger charge is -2.23. The van der Waals surface area contributed by atoms with Crippen LogP contribution in [0.1, 0.15) is 6.92 Å². The smallest absolute Gasteiger partial charge is 0.407 e. The van der Waals surface area contributed by atoms with E-state index in [1.807, 2.05) is 0 Å². The minimum atomic E-state index is -4.91. The van der Waals surface area contributed by atoms with Crippen LogP contribution >= 0.6 is 0 Å². The van der Waals surface area contributed by atoms with E-state index in [9.17, 15) is 22.8 Å². The standard InChI is InChI=1S/C12H12F3NO4/c1-7(17)19-9(10(16)12(13,14)15)11(18)20-8-5-3-2-4-6-8/h2-6,9-10H,16H2,1H3/t9-,10-/m0/s1. The Hall–Kier alpha value is -2.09. The van der Waals surface area contributed by atoms with Crippen LogP contribution in [0.25, 0.3) is 0 Å². The quantitative estimate of drug-likeness (QED) is 0.670. The van der Waals surface area contributed by atoms with E-state index in [1.165, 1.54) is 24.3 Å². The minimum absolute atomic E-state index is 0.0176. The highest BCUT2D eigenvalue weighted by atomic mass is 19.4. The fraction of sp³-hybridized carbons (Fsp3) is 0.333. The van der Waals surface area contributed by atoms with Crippen molar-refractivity contribution in [2.45, 2.75) is 25.2 Å². The topological polar surface area (TPSA) is 78.6 Å². The average molecular weight is 291 g/mol. The first-order valence-electron chi connectivity index (χ1n) is 5.48. The molecule has 0 aliphatic carbocycles. The van der Waals surface area contributed by atoms with Crippen LogP contribution < -0.4 is 10.5 Å². The predicted octanol–water partition coefficient (Wildman–Crippen LogP) is 1.41. The SMILES string of the molecule is CC(=O)O[C@H](C(=O)Oc1ccccc1)[C@H](N)C(F)(F)F. The fourth-order valence-corrected chi connectivity index (χ4v) is 1.28. The lowest BCUT2D eigenvalue weighted by atomic mass is 10.1. The second-order valence-electron chi connectivity index (χ2n) is 3.83. The Morgan fingerprint density at radius 3 is 2.20 bits per heavy atom. The van der Waals surface area contributed by atoms with Crippen molar-refractivity contribution in [3.8, 4) is 5.75 Å². The molecule has 0 bridgehead atoms. The Morgan fingerprint density at radius 1 is 1.20 bits per heavy atom. The van der Waals surface area contributed by atoms with Crippen LogP contribution in [0.5, 0.6) is 5.75 Å². The number of rotatable bonds is 4. The number of benzene rings is 1. The van der Waals surface area contributed by atoms with Gasteiger partial charge >= 0.3 is 18.1 Å². The van der Waals surface area contributed by atoms with Gasteiger partial charge in [0.15, 0.2) is 0 Å². The summed E-state index contributed by atoms with van der Waals surface area (Å²) >= 11 is 0. The molecule has 1 aromatic carbocycles. The number of para-hydroxylation sites is 1. The molecule has 0 unspecified atom stereocenters. The fourth-order valence-electron chi connectivity index (χ4n) is 1.28. The third kappa shape index (κ3) is 4.54. The Kier molecular flexibility index (Phi) is 5.09. The van der Waals surface area contributed by atoms with Crippen LogP contribution in [0, 0.1) is 0 Å². The number of hydrogen-bond donors (Lipinski definition) is 1. The first-order chi connectivity index (χ1) is 9.21. The van der Waals surface area contributed by atoms with Gasteiger partial charge in [-0.05, 0) is 12.1 Å². The zero-order valence-corrected chi connectivity index (χ0v) is 10.4. The molecule has 20 heavy (non-hydrogen) atoms. The van der Waals surface area contributed by atoms with Gasteiger partial charge in [-0.2, -0.15) is 13.2 Å². The Morgan fingerprint density at radius 2 is 1.75 bits per heavy atom. The zero-order valence-electron chi connectivity index (χ0n) is 10.4. The molecule has 0 amide bonds. The second kappa shape index (κ2) is 6.38. The van der Waals surface area contributed by atoms with Gasteiger partial charge in [0.25, 0.3) is 0 Å². The molecule has 0 saturated heterocycles. The number of alkyl halides is 3. The van der Waals surface area contributed by atoms with Crippen LogP contribution in [-0.2, 0) is 14.3 Å². The van der Waals surface area contributed by atoms with Crippen molar-refractivity contribution in [3.05, 3.63) is 30.3 Å². The molecule has 0 heterocycles. The monoisotopic (exact) mass is 291 g/mol. The molecule has 0 fully saturated rings. The van der Waals surface area contributed by atoms with E-state index in [0.717, 1.165) is 6.92 Å². The molecular formula is C12H12F3NO4. The number of ether oxygens (including phenoxy) is 2. The van der Waals surface area contributed by atoms with E-state index in [0.29, 0.717) is 0 Å². The molecular weight excluding hydrogens is 279 g/mol. The molecule has 2 N–H and O–H groups in total. The van der Waals surface area contributed by atoms with Gasteiger partial charge in [-0.3, -0.25) is 4.79 Å². The van der Waals surface area contributed by atoms with E-state index in [4.69, 9.17) is 10.5 Å². The van der Waals surface area contributed by atoms with E-state index in [1.54, 1.807) is 6.07 Å². The summed E-state index contributed by atoms with van der Waals surface area (Å²) in [6.07, 6.45) is -7.16. The van der Waals surface area contributed by atoms with E-state index in [2.05, 4.69) is 4.74 Å². The van der Waals surface area contributed by atoms with Crippen LogP contribution in [0.2, 0.25) is 0 Å². The summed E-state index contributed by atoms with van der Waals surface area (Å²) in [5.74, 6) is -2.44. The zero-order chi connectivity index (χ0) is 15.3. The highest BCUT2D eigenvalue weighted by Crippen LogP contribution is 2.23. The Balaban J connectivity index is 2.88. The summed E-state index contributed by atoms with van der Waals surface area (Å²) in [4.78, 5) is 22.4. The molecule has 0 saturated carbocycles. The third-order valence-electron chi connectivity index (χ3n) is 2.19. The van der Waals surface area contributed by atoms with Gasteiger partial charge in [-0.15, -0.1) is 0 Å². The van der Waals surface area contributed by atoms with Gasteiger partial charge in [-0.25, -0.2) is 4.79 Å². The van der Waals surface area contributed by atoms with Crippen LogP contribution in [0.4, 0.5) is 13.2 Å². The first kappa shape index (κ1) is 16.0. The van der Waals surface area contributed by atoms with Crippen LogP contribution in [0.15, 0.2) is 30.3 Å². The van der Waals surface area contributed by atoms with Crippen molar-refractivity contribution in [2.75, 3.05) is 0 Å². The van der Waals surface area contributed by atoms with Gasteiger partial charge in [0.05, 0.1) is 0 Å². The lowest BCUT2D eigenvalue weighted by Crippen LogP contribution is -2.53. The van der Waals surface area contributed by atoms with E-state index >= 15 is 0 Å². The van der Waals surface area contributed by atoms with Gasteiger partial charge in [0.2, 0.25) is 6.10 Å². The predicted molar refractivity (Wildman–Crippen MR) is 61.7 cm³/mol. The summed E-state index contributed by atoms with van der Waals surface area (Å²) in [6.45, 7) is 0.867. The molecule has 8 heteroatoms. The summed E-state index contributed by atoms with van der Waals surface area (Å²) < 4.78 is 46.6. The van der Waals surface area contributed by atoms with Crippen molar-refractivity contribution in [1.29, 1.82) is 0 Å². The number of nitrogens with two attached hydrogens (primary N) is 1. The van der Waals surface area contributed by atoms with Crippen molar-refractivity contribution in [1.82, 2.24) is 0 Å². The molecule has 0 aliphatic rings. The summed E-state index contributed by atoms with van der Waals surface area (Å²) in [7, 11) is 0. The van der Waals surface area contributed by atoms with Gasteiger partial charge in [0, 0.05) is 6.92 Å². The normalized spacial score (nSPS) is 14.2. The largest absolute Gasteiger partial charge is 0.448 e. The molecule has 0 spiro atoms. The van der Waals surface area contributed by atoms with Gasteiger partial charge < -0.3 is 15.2 Å². The number of hydrogen-bond acceptors (Lipinski definition) is 5. The number of carbonyl (C=O) groups excluding carboxylic acids is 2. The first-order valence-corrected chi connectivity index (χ1v) is 5.48. The number of halogens is 3. The molecule has 5 nitrogen and oxygen atoms in total. The maximum Gasteiger partial charge on any atom is 0.407 e. The third-order valence-corrected chi connectivity index (χ3v) is 2.19. The maximum atomic E-state index is 12.5. The lowest BCUT2D eigenvalue weighted by molar-refractivity contribution is -0.191. The number of carbonyl (C=O) groups is 2. The van der Waals surface area contributed by atoms with Crippen molar-refractivity contribution >= 4 is 11.9 Å². The molecule has 0 aliphatic heterocycles. The average Bonchev–Trinajstić information content (AvgIpc) is 2.35. The Bertz CT molecular complexity index is 475. The molecule has 0 radical (unpaired) electrons. The second-order valence-corrected chi connectivity index (χ2v) is 3.83. The summed E-state index contributed by atoms with van der Waals surface area (Å²) in [5, 5.41) is 0. The highest BCUT2D eigenvalue weighted by Gasteiger charge is 2.48. The van der Waals surface area contributed by atoms with Crippen molar-refractivity contribution in [2.24, 2.45) is 5.73 Å². The maximum absolute atomic E-state index is 12.5. The van der Waals surface area contributed by atoms with E-state index < -0.39 is 30.3 Å². The molecule has 1 aromatic rings. The molecule has 1 rings (SSSR count). The minimum Gasteiger partial charge on any atom is -0.448 e. The summed E-state index contributed by atoms with van der Waals surface area (Å²) in [5.41, 5.74) is 4.89. The molecule has 2 atom stereocenters. The summed E-state index contributed by atoms with van der Waals surface area (Å²) in [6, 6.07) is 4.73. The van der Waals surface area contributed by atoms with Crippen LogP contribution in [0.3, 0.4) is 0 Å². The molecule has 110 valence electrons. The Labute approximate surface area is 112 Å². The van der Waals surface area contributed by atoms with E-state index in [-0.39, 0.29) is 5.75 Å². The van der Waals surface area contributed by atoms with Crippen molar-refractivity contribution in [3.63, 3.8) is 0 Å². The van der Waals surface area contributed by atoms with Crippen LogP contribution in [-0.4, -0.2) is 30.3 Å². The van der Waals surface area contributed by atoms with Gasteiger partial charge in [-0.1, -0.05) is 18.2 Å². The van der Waals surface area contributed by atoms with Crippen molar-refractivity contribution < 1.29 is 32.2 Å². The van der Waals surface area contributed by atoms with Gasteiger partial charge in [0.1, 0.15) is 11.8 Å². The highest BCUT2D eigenvalue weighted by molar-refractivity contribution is 5.81. The molecule has 0 aromatic heterocycles.